The predicted molar refractivity (Wildman–Crippen MR) is 96.9 cm³/mol. The number of guanidine groups is 1. The second-order valence-electron chi connectivity index (χ2n) is 6.53. The number of aliphatic imine (C=N–C) groups is 1. The normalized spacial score (nSPS) is 21.8. The van der Waals surface area contributed by atoms with Crippen LogP contribution in [-0.2, 0) is 4.74 Å². The molecule has 132 valence electrons. The molecule has 2 rings (SSSR count). The summed E-state index contributed by atoms with van der Waals surface area (Å²) in [6, 6.07) is 1.05. The summed E-state index contributed by atoms with van der Waals surface area (Å²) in [6.07, 6.45) is 9.12. The fourth-order valence-corrected chi connectivity index (χ4v) is 3.66. The molecule has 0 bridgehead atoms. The minimum absolute atomic E-state index is 0.496. The molecule has 1 fully saturated rings. The van der Waals surface area contributed by atoms with E-state index >= 15 is 0 Å². The van der Waals surface area contributed by atoms with Gasteiger partial charge in [0, 0.05) is 38.8 Å². The summed E-state index contributed by atoms with van der Waals surface area (Å²) in [7, 11) is 1.86. The highest BCUT2D eigenvalue weighted by atomic mass is 16.5. The van der Waals surface area contributed by atoms with Crippen LogP contribution in [0.25, 0.3) is 0 Å². The lowest BCUT2D eigenvalue weighted by Gasteiger charge is -2.39. The van der Waals surface area contributed by atoms with Crippen LogP contribution >= 0.6 is 0 Å². The summed E-state index contributed by atoms with van der Waals surface area (Å²) in [6.45, 7) is 9.36. The summed E-state index contributed by atoms with van der Waals surface area (Å²) in [4.78, 5) is 7.00. The molecule has 0 spiro atoms. The van der Waals surface area contributed by atoms with Gasteiger partial charge >= 0.3 is 0 Å². The number of nitrogens with one attached hydrogen (secondary N) is 2. The molecule has 5 heteroatoms. The van der Waals surface area contributed by atoms with Crippen LogP contribution in [0.1, 0.15) is 39.5 Å². The van der Waals surface area contributed by atoms with Crippen LogP contribution < -0.4 is 10.6 Å². The number of rotatable bonds is 7. The fraction of sp³-hybridized carbons (Fsp3) is 0.833. The predicted octanol–water partition coefficient (Wildman–Crippen LogP) is 2.01. The lowest BCUT2D eigenvalue weighted by atomic mass is 9.92. The van der Waals surface area contributed by atoms with E-state index < -0.39 is 0 Å². The number of morpholine rings is 1. The smallest absolute Gasteiger partial charge is 0.191 e. The average Bonchev–Trinajstić information content (AvgIpc) is 3.11. The Hall–Kier alpha value is -1.07. The lowest BCUT2D eigenvalue weighted by Crippen LogP contribution is -2.54. The van der Waals surface area contributed by atoms with Crippen molar-refractivity contribution in [1.82, 2.24) is 15.5 Å². The Balaban J connectivity index is 1.89. The van der Waals surface area contributed by atoms with Crippen molar-refractivity contribution in [3.8, 4) is 0 Å². The minimum Gasteiger partial charge on any atom is -0.379 e. The molecule has 1 saturated heterocycles. The third kappa shape index (κ3) is 5.50. The monoisotopic (exact) mass is 322 g/mol. The highest BCUT2D eigenvalue weighted by Gasteiger charge is 2.27. The Morgan fingerprint density at radius 1 is 1.22 bits per heavy atom. The number of hydrogen-bond donors (Lipinski definition) is 2. The highest BCUT2D eigenvalue weighted by molar-refractivity contribution is 5.80. The molecule has 1 unspecified atom stereocenters. The van der Waals surface area contributed by atoms with E-state index in [4.69, 9.17) is 4.74 Å². The van der Waals surface area contributed by atoms with Crippen molar-refractivity contribution in [2.45, 2.75) is 51.6 Å². The fourth-order valence-electron chi connectivity index (χ4n) is 3.66. The molecule has 0 aromatic heterocycles. The van der Waals surface area contributed by atoms with Crippen molar-refractivity contribution in [3.63, 3.8) is 0 Å². The van der Waals surface area contributed by atoms with Gasteiger partial charge in [-0.25, -0.2) is 0 Å². The van der Waals surface area contributed by atoms with Crippen molar-refractivity contribution in [3.05, 3.63) is 12.2 Å². The van der Waals surface area contributed by atoms with Crippen molar-refractivity contribution in [2.75, 3.05) is 39.9 Å². The van der Waals surface area contributed by atoms with Crippen LogP contribution in [0.3, 0.4) is 0 Å². The first-order chi connectivity index (χ1) is 11.3. The van der Waals surface area contributed by atoms with Gasteiger partial charge in [-0.15, -0.1) is 0 Å². The Kier molecular flexibility index (Phi) is 7.89. The Bertz CT molecular complexity index is 378. The van der Waals surface area contributed by atoms with Gasteiger partial charge in [0.25, 0.3) is 0 Å². The number of nitrogens with zero attached hydrogens (tertiary/aromatic N) is 2. The third-order valence-electron chi connectivity index (χ3n) is 5.16. The molecule has 2 aliphatic rings. The zero-order chi connectivity index (χ0) is 16.5. The summed E-state index contributed by atoms with van der Waals surface area (Å²) in [5, 5.41) is 7.10. The molecular formula is C18H34N4O. The summed E-state index contributed by atoms with van der Waals surface area (Å²) in [5.41, 5.74) is 0. The summed E-state index contributed by atoms with van der Waals surface area (Å²) in [5.74, 6) is 1.65. The van der Waals surface area contributed by atoms with Crippen molar-refractivity contribution < 1.29 is 4.74 Å². The van der Waals surface area contributed by atoms with Gasteiger partial charge in [-0.05, 0) is 18.8 Å². The molecule has 1 aliphatic carbocycles. The van der Waals surface area contributed by atoms with Gasteiger partial charge in [0.15, 0.2) is 5.96 Å². The van der Waals surface area contributed by atoms with Crippen LogP contribution in [0, 0.1) is 5.92 Å². The average molecular weight is 322 g/mol. The first-order valence-corrected chi connectivity index (χ1v) is 9.22. The van der Waals surface area contributed by atoms with E-state index in [2.05, 4.69) is 46.5 Å². The zero-order valence-corrected chi connectivity index (χ0v) is 15.1. The maximum absolute atomic E-state index is 5.53. The van der Waals surface area contributed by atoms with Crippen LogP contribution in [0.15, 0.2) is 17.1 Å². The minimum atomic E-state index is 0.496. The maximum Gasteiger partial charge on any atom is 0.191 e. The van der Waals surface area contributed by atoms with Crippen molar-refractivity contribution in [1.29, 1.82) is 0 Å². The van der Waals surface area contributed by atoms with Gasteiger partial charge in [0.05, 0.1) is 13.2 Å². The van der Waals surface area contributed by atoms with Gasteiger partial charge in [0.1, 0.15) is 0 Å². The van der Waals surface area contributed by atoms with Gasteiger partial charge in [-0.1, -0.05) is 38.8 Å². The van der Waals surface area contributed by atoms with E-state index in [-0.39, 0.29) is 0 Å². The lowest BCUT2D eigenvalue weighted by molar-refractivity contribution is 0.00271. The van der Waals surface area contributed by atoms with Gasteiger partial charge < -0.3 is 15.4 Å². The van der Waals surface area contributed by atoms with Crippen LogP contribution in [-0.4, -0.2) is 62.8 Å². The second kappa shape index (κ2) is 9.93. The van der Waals surface area contributed by atoms with Crippen LogP contribution in [0.4, 0.5) is 0 Å². The Morgan fingerprint density at radius 3 is 2.43 bits per heavy atom. The molecule has 1 atom stereocenters. The van der Waals surface area contributed by atoms with Crippen LogP contribution in [0.5, 0.6) is 0 Å². The standard InChI is InChI=1S/C18H34N4O/c1-4-15(5-2)17(22-10-12-23-13-11-22)14-20-18(19-3)21-16-8-6-7-9-16/h6-7,15-17H,4-5,8-14H2,1-3H3,(H2,19,20,21). The summed E-state index contributed by atoms with van der Waals surface area (Å²) < 4.78 is 5.53. The van der Waals surface area contributed by atoms with Crippen LogP contribution in [0.2, 0.25) is 0 Å². The molecule has 0 radical (unpaired) electrons. The molecule has 0 aromatic rings. The van der Waals surface area contributed by atoms with Gasteiger partial charge in [-0.3, -0.25) is 9.89 Å². The molecule has 0 aromatic carbocycles. The molecule has 1 heterocycles. The molecule has 1 aliphatic heterocycles. The topological polar surface area (TPSA) is 48.9 Å². The van der Waals surface area contributed by atoms with E-state index in [1.807, 2.05) is 7.05 Å². The first-order valence-electron chi connectivity index (χ1n) is 9.22. The molecule has 23 heavy (non-hydrogen) atoms. The van der Waals surface area contributed by atoms with Gasteiger partial charge in [0.2, 0.25) is 0 Å². The Labute approximate surface area is 141 Å². The first kappa shape index (κ1) is 18.3. The summed E-state index contributed by atoms with van der Waals surface area (Å²) >= 11 is 0. The molecule has 5 nitrogen and oxygen atoms in total. The Morgan fingerprint density at radius 2 is 1.87 bits per heavy atom. The van der Waals surface area contributed by atoms with E-state index in [0.717, 1.165) is 51.6 Å². The van der Waals surface area contributed by atoms with Crippen molar-refractivity contribution in [2.24, 2.45) is 10.9 Å². The maximum atomic E-state index is 5.53. The van der Waals surface area contributed by atoms with E-state index in [1.54, 1.807) is 0 Å². The van der Waals surface area contributed by atoms with E-state index in [0.29, 0.717) is 18.0 Å². The number of ether oxygens (including phenoxy) is 1. The third-order valence-corrected chi connectivity index (χ3v) is 5.16. The molecule has 0 amide bonds. The molecule has 0 saturated carbocycles. The SMILES string of the molecule is CCC(CC)C(CNC(=NC)NC1CC=CC1)N1CCOCC1. The quantitative estimate of drug-likeness (QED) is 0.428. The van der Waals surface area contributed by atoms with Crippen molar-refractivity contribution >= 4 is 5.96 Å². The molecular weight excluding hydrogens is 288 g/mol. The zero-order valence-electron chi connectivity index (χ0n) is 15.1. The second-order valence-corrected chi connectivity index (χ2v) is 6.53. The largest absolute Gasteiger partial charge is 0.379 e. The molecule has 2 N–H and O–H groups in total. The van der Waals surface area contributed by atoms with E-state index in [1.165, 1.54) is 12.8 Å². The highest BCUT2D eigenvalue weighted by Crippen LogP contribution is 2.19. The van der Waals surface area contributed by atoms with Gasteiger partial charge in [-0.2, -0.15) is 0 Å². The number of hydrogen-bond acceptors (Lipinski definition) is 3. The van der Waals surface area contributed by atoms with E-state index in [9.17, 15) is 0 Å².